The van der Waals surface area contributed by atoms with E-state index in [0.717, 1.165) is 36.3 Å². The number of amidine groups is 1. The molecule has 2 N–H and O–H groups in total. The van der Waals surface area contributed by atoms with Crippen LogP contribution < -0.4 is 20.1 Å². The minimum absolute atomic E-state index is 0.120. The molecule has 1 unspecified atom stereocenters. The summed E-state index contributed by atoms with van der Waals surface area (Å²) in [6.07, 6.45) is 4.33. The van der Waals surface area contributed by atoms with E-state index in [-0.39, 0.29) is 35.8 Å². The third kappa shape index (κ3) is 7.71. The highest BCUT2D eigenvalue weighted by atomic mass is 32.2. The first kappa shape index (κ1) is 29.6. The number of ether oxygens (including phenoxy) is 2. The molecule has 0 spiro atoms. The van der Waals surface area contributed by atoms with Crippen molar-refractivity contribution in [1.29, 1.82) is 0 Å². The molecule has 0 radical (unpaired) electrons. The van der Waals surface area contributed by atoms with Crippen LogP contribution in [0.4, 0.5) is 5.13 Å². The summed E-state index contributed by atoms with van der Waals surface area (Å²) in [5.74, 6) is 1.19. The monoisotopic (exact) mass is 607 g/mol. The van der Waals surface area contributed by atoms with Crippen molar-refractivity contribution in [3.63, 3.8) is 0 Å². The number of hydrogen-bond donors (Lipinski definition) is 2. The molecule has 1 fully saturated rings. The smallest absolute Gasteiger partial charge is 0.232 e. The quantitative estimate of drug-likeness (QED) is 0.343. The molecule has 0 aromatic carbocycles. The van der Waals surface area contributed by atoms with E-state index in [2.05, 4.69) is 42.4 Å². The minimum Gasteiger partial charge on any atom is -0.481 e. The fourth-order valence-corrected chi connectivity index (χ4v) is 7.32. The lowest BCUT2D eigenvalue weighted by Crippen LogP contribution is -2.37. The highest BCUT2D eigenvalue weighted by Gasteiger charge is 2.35. The third-order valence-corrected chi connectivity index (χ3v) is 9.58. The van der Waals surface area contributed by atoms with E-state index < -0.39 is 0 Å². The Morgan fingerprint density at radius 2 is 1.62 bits per heavy atom. The number of hydrogen-bond acceptors (Lipinski definition) is 11. The molecule has 2 aliphatic rings. The summed E-state index contributed by atoms with van der Waals surface area (Å²) in [7, 11) is 3.09. The molecular weight excluding hydrogens is 574 g/mol. The van der Waals surface area contributed by atoms with Crippen LogP contribution >= 0.6 is 23.1 Å². The zero-order valence-corrected chi connectivity index (χ0v) is 25.2. The van der Waals surface area contributed by atoms with E-state index in [9.17, 15) is 9.59 Å². The van der Waals surface area contributed by atoms with E-state index in [4.69, 9.17) is 9.47 Å². The number of aromatic nitrogens is 4. The zero-order chi connectivity index (χ0) is 29.5. The lowest BCUT2D eigenvalue weighted by Gasteiger charge is -2.36. The highest BCUT2D eigenvalue weighted by Crippen LogP contribution is 2.44. The van der Waals surface area contributed by atoms with Gasteiger partial charge in [0.2, 0.25) is 28.7 Å². The summed E-state index contributed by atoms with van der Waals surface area (Å²) in [5, 5.41) is 16.7. The number of nitrogens with one attached hydrogen (secondary N) is 2. The molecule has 1 aliphatic heterocycles. The normalized spacial score (nSPS) is 20.4. The Morgan fingerprint density at radius 1 is 0.952 bits per heavy atom. The van der Waals surface area contributed by atoms with Crippen molar-refractivity contribution in [2.75, 3.05) is 26.1 Å². The van der Waals surface area contributed by atoms with Crippen LogP contribution in [0.25, 0.3) is 0 Å². The number of aliphatic imine (C=N–C) groups is 1. The van der Waals surface area contributed by atoms with Gasteiger partial charge in [0.15, 0.2) is 5.17 Å². The van der Waals surface area contributed by atoms with Crippen LogP contribution in [0.1, 0.15) is 48.0 Å². The fraction of sp³-hybridized carbons (Fsp3) is 0.414. The second-order valence-corrected chi connectivity index (χ2v) is 12.3. The van der Waals surface area contributed by atoms with Gasteiger partial charge in [0, 0.05) is 23.3 Å². The maximum Gasteiger partial charge on any atom is 0.232 e. The Morgan fingerprint density at radius 3 is 2.29 bits per heavy atom. The SMILES string of the molecule is C=C1CN=C(NC(=O)Cc2cccc(OC)n2)SC1[C@H]1CCC[C@H](c2nnc(NC(=O)Cc3cccc(OC)n3)s2)C1. The summed E-state index contributed by atoms with van der Waals surface area (Å²) in [5.41, 5.74) is 2.32. The first-order chi connectivity index (χ1) is 20.4. The van der Waals surface area contributed by atoms with Crippen molar-refractivity contribution in [2.45, 2.75) is 49.7 Å². The molecule has 220 valence electrons. The van der Waals surface area contributed by atoms with E-state index >= 15 is 0 Å². The topological polar surface area (TPSA) is 141 Å². The van der Waals surface area contributed by atoms with Crippen LogP contribution in [0.2, 0.25) is 0 Å². The molecule has 0 bridgehead atoms. The number of carbonyl (C=O) groups is 2. The lowest BCUT2D eigenvalue weighted by atomic mass is 9.78. The Bertz CT molecular complexity index is 1480. The van der Waals surface area contributed by atoms with Gasteiger partial charge in [-0.2, -0.15) is 0 Å². The molecule has 3 aromatic heterocycles. The molecule has 2 amide bonds. The zero-order valence-electron chi connectivity index (χ0n) is 23.5. The Hall–Kier alpha value is -3.84. The standard InChI is InChI=1S/C29H33N7O4S2/c1-17-16-30-28(33-22(37)14-20-9-5-11-24(31-20)39-2)41-26(17)18-7-4-8-19(13-18)27-35-36-29(42-27)34-23(38)15-21-10-6-12-25(32-21)40-3/h5-6,9-12,18-19,26H,1,4,7-8,13-16H2,2-3H3,(H,30,33,37)(H,34,36,38)/t18-,19-,26?/m0/s1. The van der Waals surface area contributed by atoms with Gasteiger partial charge in [-0.3, -0.25) is 14.6 Å². The van der Waals surface area contributed by atoms with Gasteiger partial charge in [-0.25, -0.2) is 9.97 Å². The maximum atomic E-state index is 12.7. The van der Waals surface area contributed by atoms with Crippen LogP contribution in [0, 0.1) is 5.92 Å². The summed E-state index contributed by atoms with van der Waals surface area (Å²) >= 11 is 3.00. The molecule has 1 saturated carbocycles. The first-order valence-corrected chi connectivity index (χ1v) is 15.4. The predicted octanol–water partition coefficient (Wildman–Crippen LogP) is 4.19. The van der Waals surface area contributed by atoms with Gasteiger partial charge in [0.05, 0.1) is 45.0 Å². The largest absolute Gasteiger partial charge is 0.481 e. The van der Waals surface area contributed by atoms with Crippen molar-refractivity contribution in [1.82, 2.24) is 25.5 Å². The molecule has 13 heteroatoms. The van der Waals surface area contributed by atoms with Crippen molar-refractivity contribution in [2.24, 2.45) is 10.9 Å². The van der Waals surface area contributed by atoms with Crippen molar-refractivity contribution < 1.29 is 19.1 Å². The van der Waals surface area contributed by atoms with E-state index in [1.54, 1.807) is 56.3 Å². The average Bonchev–Trinajstić information content (AvgIpc) is 3.46. The maximum absolute atomic E-state index is 12.7. The Kier molecular flexibility index (Phi) is 9.80. The van der Waals surface area contributed by atoms with Gasteiger partial charge in [-0.15, -0.1) is 10.2 Å². The van der Waals surface area contributed by atoms with Crippen molar-refractivity contribution >= 4 is 45.2 Å². The number of rotatable bonds is 9. The Labute approximate surface area is 252 Å². The van der Waals surface area contributed by atoms with Crippen LogP contribution in [-0.2, 0) is 22.4 Å². The van der Waals surface area contributed by atoms with Crippen LogP contribution in [0.15, 0.2) is 53.5 Å². The van der Waals surface area contributed by atoms with Gasteiger partial charge < -0.3 is 20.1 Å². The summed E-state index contributed by atoms with van der Waals surface area (Å²) in [4.78, 5) is 38.5. The number of carbonyl (C=O) groups excluding carboxylic acids is 2. The van der Waals surface area contributed by atoms with Crippen molar-refractivity contribution in [3.8, 4) is 11.8 Å². The second-order valence-electron chi connectivity index (χ2n) is 10.2. The first-order valence-electron chi connectivity index (χ1n) is 13.7. The predicted molar refractivity (Wildman–Crippen MR) is 163 cm³/mol. The number of nitrogens with zero attached hydrogens (tertiary/aromatic N) is 5. The number of thioether (sulfide) groups is 1. The second kappa shape index (κ2) is 13.9. The summed E-state index contributed by atoms with van der Waals surface area (Å²) < 4.78 is 10.3. The van der Waals surface area contributed by atoms with Gasteiger partial charge in [-0.1, -0.05) is 48.2 Å². The number of amides is 2. The number of pyridine rings is 2. The van der Waals surface area contributed by atoms with Gasteiger partial charge in [0.25, 0.3) is 0 Å². The average molecular weight is 608 g/mol. The third-order valence-electron chi connectivity index (χ3n) is 7.16. The lowest BCUT2D eigenvalue weighted by molar-refractivity contribution is -0.119. The van der Waals surface area contributed by atoms with E-state index in [0.29, 0.717) is 45.9 Å². The molecule has 1 aliphatic carbocycles. The Balaban J connectivity index is 1.15. The fourth-order valence-electron chi connectivity index (χ4n) is 5.18. The summed E-state index contributed by atoms with van der Waals surface area (Å²) in [6.45, 7) is 4.79. The summed E-state index contributed by atoms with van der Waals surface area (Å²) in [6, 6.07) is 10.7. The van der Waals surface area contributed by atoms with Crippen LogP contribution in [0.5, 0.6) is 11.8 Å². The van der Waals surface area contributed by atoms with E-state index in [1.807, 2.05) is 6.07 Å². The molecule has 0 saturated heterocycles. The molecule has 42 heavy (non-hydrogen) atoms. The minimum atomic E-state index is -0.203. The van der Waals surface area contributed by atoms with Gasteiger partial charge >= 0.3 is 0 Å². The molecule has 5 rings (SSSR count). The van der Waals surface area contributed by atoms with Crippen LogP contribution in [-0.4, -0.2) is 63.2 Å². The molecular formula is C29H33N7O4S2. The van der Waals surface area contributed by atoms with Gasteiger partial charge in [-0.05, 0) is 42.9 Å². The van der Waals surface area contributed by atoms with Gasteiger partial charge in [0.1, 0.15) is 5.01 Å². The number of anilines is 1. The highest BCUT2D eigenvalue weighted by molar-refractivity contribution is 8.14. The van der Waals surface area contributed by atoms with E-state index in [1.165, 1.54) is 11.3 Å². The van der Waals surface area contributed by atoms with Crippen LogP contribution in [0.3, 0.4) is 0 Å². The molecule has 3 atom stereocenters. The van der Waals surface area contributed by atoms with Crippen molar-refractivity contribution in [3.05, 3.63) is 64.9 Å². The molecule has 3 aromatic rings. The molecule has 4 heterocycles. The number of methoxy groups -OCH3 is 2. The molecule has 11 nitrogen and oxygen atoms in total.